The topological polar surface area (TPSA) is 94.4 Å². The first-order valence-corrected chi connectivity index (χ1v) is 11.3. The van der Waals surface area contributed by atoms with E-state index < -0.39 is 5.91 Å². The highest BCUT2D eigenvalue weighted by molar-refractivity contribution is 6.20. The highest BCUT2D eigenvalue weighted by Gasteiger charge is 2.22. The van der Waals surface area contributed by atoms with Gasteiger partial charge in [0.2, 0.25) is 5.91 Å². The molecule has 3 aromatic carbocycles. The van der Waals surface area contributed by atoms with E-state index in [1.54, 1.807) is 20.2 Å². The summed E-state index contributed by atoms with van der Waals surface area (Å²) in [5, 5.41) is 5.62. The quantitative estimate of drug-likeness (QED) is 0.398. The van der Waals surface area contributed by atoms with Crippen molar-refractivity contribution in [2.45, 2.75) is 20.4 Å². The van der Waals surface area contributed by atoms with Gasteiger partial charge < -0.3 is 19.7 Å². The van der Waals surface area contributed by atoms with Gasteiger partial charge in [-0.15, -0.1) is 0 Å². The van der Waals surface area contributed by atoms with E-state index in [0.29, 0.717) is 23.4 Å². The Morgan fingerprint density at radius 2 is 1.74 bits per heavy atom. The first-order chi connectivity index (χ1) is 16.8. The lowest BCUT2D eigenvalue weighted by atomic mass is 9.97. The van der Waals surface area contributed by atoms with Crippen LogP contribution in [0.4, 0.5) is 0 Å². The average Bonchev–Trinajstić information content (AvgIpc) is 3.34. The number of hydrogen-bond donors (Lipinski definition) is 1. The lowest BCUT2D eigenvalue weighted by molar-refractivity contribution is 0.0827. The van der Waals surface area contributed by atoms with Crippen molar-refractivity contribution in [1.82, 2.24) is 14.6 Å². The molecule has 0 bridgehead atoms. The normalized spacial score (nSPS) is 11.3. The minimum absolute atomic E-state index is 0.108. The molecule has 0 saturated carbocycles. The highest BCUT2D eigenvalue weighted by atomic mass is 16.5. The molecule has 7 nitrogen and oxygen atoms in total. The third-order valence-electron chi connectivity index (χ3n) is 6.39. The molecule has 5 aromatic rings. The van der Waals surface area contributed by atoms with Gasteiger partial charge in [-0.1, -0.05) is 35.5 Å². The summed E-state index contributed by atoms with van der Waals surface area (Å²) in [7, 11) is 3.44. The van der Waals surface area contributed by atoms with Crippen LogP contribution in [0.15, 0.2) is 65.2 Å². The molecule has 0 aliphatic rings. The maximum absolute atomic E-state index is 12.7. The second kappa shape index (κ2) is 8.43. The Morgan fingerprint density at radius 3 is 2.37 bits per heavy atom. The van der Waals surface area contributed by atoms with Crippen molar-refractivity contribution in [3.05, 3.63) is 88.8 Å². The summed E-state index contributed by atoms with van der Waals surface area (Å²) in [6.45, 7) is 4.31. The van der Waals surface area contributed by atoms with Crippen LogP contribution in [-0.2, 0) is 6.54 Å². The van der Waals surface area contributed by atoms with Gasteiger partial charge in [-0.3, -0.25) is 9.59 Å². The number of nitrogens with two attached hydrogens (primary N) is 1. The van der Waals surface area contributed by atoms with Crippen molar-refractivity contribution in [3.8, 4) is 11.1 Å². The Kier molecular flexibility index (Phi) is 5.40. The number of primary amides is 1. The molecule has 0 aliphatic heterocycles. The van der Waals surface area contributed by atoms with E-state index in [4.69, 9.17) is 10.3 Å². The molecule has 0 atom stereocenters. The van der Waals surface area contributed by atoms with E-state index >= 15 is 0 Å². The smallest absolute Gasteiger partial charge is 0.253 e. The molecule has 0 fully saturated rings. The number of rotatable bonds is 5. The Bertz CT molecular complexity index is 1590. The summed E-state index contributed by atoms with van der Waals surface area (Å²) >= 11 is 0. The van der Waals surface area contributed by atoms with Gasteiger partial charge in [0.25, 0.3) is 5.91 Å². The summed E-state index contributed by atoms with van der Waals surface area (Å²) in [6, 6.07) is 19.6. The van der Waals surface area contributed by atoms with Crippen molar-refractivity contribution < 1.29 is 14.1 Å². The van der Waals surface area contributed by atoms with Crippen LogP contribution in [0, 0.1) is 13.8 Å². The van der Waals surface area contributed by atoms with Gasteiger partial charge in [0.1, 0.15) is 5.76 Å². The number of aromatic nitrogens is 2. The lowest BCUT2D eigenvalue weighted by Gasteiger charge is -2.11. The van der Waals surface area contributed by atoms with Crippen molar-refractivity contribution >= 4 is 33.6 Å². The van der Waals surface area contributed by atoms with E-state index in [1.165, 1.54) is 4.90 Å². The van der Waals surface area contributed by atoms with Crippen LogP contribution in [0.25, 0.3) is 32.9 Å². The first kappa shape index (κ1) is 22.4. The zero-order valence-electron chi connectivity index (χ0n) is 20.1. The van der Waals surface area contributed by atoms with Gasteiger partial charge in [0.15, 0.2) is 0 Å². The fourth-order valence-electron chi connectivity index (χ4n) is 4.79. The van der Waals surface area contributed by atoms with E-state index in [0.717, 1.165) is 44.2 Å². The summed E-state index contributed by atoms with van der Waals surface area (Å²) in [4.78, 5) is 27.0. The predicted octanol–water partition coefficient (Wildman–Crippen LogP) is 4.92. The monoisotopic (exact) mass is 466 g/mol. The molecule has 0 saturated heterocycles. The Labute approximate surface area is 202 Å². The molecule has 0 unspecified atom stereocenters. The number of fused-ring (bicyclic) bond motifs is 3. The van der Waals surface area contributed by atoms with E-state index in [1.807, 2.05) is 56.3 Å². The number of hydrogen-bond acceptors (Lipinski definition) is 4. The fourth-order valence-corrected chi connectivity index (χ4v) is 4.79. The molecule has 35 heavy (non-hydrogen) atoms. The second-order valence-electron chi connectivity index (χ2n) is 8.98. The minimum Gasteiger partial charge on any atom is -0.366 e. The fraction of sp³-hybridized carbons (Fsp3) is 0.179. The van der Waals surface area contributed by atoms with Crippen LogP contribution in [0.2, 0.25) is 0 Å². The maximum Gasteiger partial charge on any atom is 0.253 e. The molecule has 2 amide bonds. The SMILES string of the molecule is Cc1noc(C)c1-c1cc(C(N)=O)c2c3cc(C(=O)N(C)C)ccc3n(Cc3ccccc3)c2c1. The van der Waals surface area contributed by atoms with Crippen LogP contribution in [0.5, 0.6) is 0 Å². The van der Waals surface area contributed by atoms with E-state index in [-0.39, 0.29) is 5.91 Å². The molecule has 7 heteroatoms. The van der Waals surface area contributed by atoms with E-state index in [9.17, 15) is 9.59 Å². The zero-order chi connectivity index (χ0) is 24.9. The molecule has 2 N–H and O–H groups in total. The minimum atomic E-state index is -0.535. The first-order valence-electron chi connectivity index (χ1n) is 11.3. The number of carbonyl (C=O) groups is 2. The third-order valence-corrected chi connectivity index (χ3v) is 6.39. The third kappa shape index (κ3) is 3.75. The number of carbonyl (C=O) groups excluding carboxylic acids is 2. The van der Waals surface area contributed by atoms with Crippen molar-refractivity contribution in [2.75, 3.05) is 14.1 Å². The second-order valence-corrected chi connectivity index (χ2v) is 8.98. The summed E-state index contributed by atoms with van der Waals surface area (Å²) in [6.07, 6.45) is 0. The molecular formula is C28H26N4O3. The number of nitrogens with zero attached hydrogens (tertiary/aromatic N) is 3. The molecule has 5 rings (SSSR count). The van der Waals surface area contributed by atoms with Crippen LogP contribution < -0.4 is 5.73 Å². The lowest BCUT2D eigenvalue weighted by Crippen LogP contribution is -2.21. The van der Waals surface area contributed by atoms with Gasteiger partial charge in [-0.25, -0.2) is 0 Å². The van der Waals surface area contributed by atoms with Crippen molar-refractivity contribution in [3.63, 3.8) is 0 Å². The molecule has 2 heterocycles. The van der Waals surface area contributed by atoms with Crippen LogP contribution >= 0.6 is 0 Å². The van der Waals surface area contributed by atoms with Gasteiger partial charge in [0.05, 0.1) is 11.2 Å². The van der Waals surface area contributed by atoms with Crippen LogP contribution in [0.1, 0.15) is 37.7 Å². The molecule has 0 aliphatic carbocycles. The molecule has 0 spiro atoms. The summed E-state index contributed by atoms with van der Waals surface area (Å²) < 4.78 is 7.56. The van der Waals surface area contributed by atoms with Crippen molar-refractivity contribution in [1.29, 1.82) is 0 Å². The Hall–Kier alpha value is -4.39. The predicted molar refractivity (Wildman–Crippen MR) is 136 cm³/mol. The van der Waals surface area contributed by atoms with E-state index in [2.05, 4.69) is 21.9 Å². The number of aryl methyl sites for hydroxylation is 2. The Balaban J connectivity index is 1.89. The van der Waals surface area contributed by atoms with Crippen LogP contribution in [0.3, 0.4) is 0 Å². The number of amides is 2. The molecular weight excluding hydrogens is 440 g/mol. The molecule has 0 radical (unpaired) electrons. The van der Waals surface area contributed by atoms with Gasteiger partial charge >= 0.3 is 0 Å². The highest BCUT2D eigenvalue weighted by Crippen LogP contribution is 2.38. The molecule has 176 valence electrons. The number of benzene rings is 3. The summed E-state index contributed by atoms with van der Waals surface area (Å²) in [5.41, 5.74) is 12.1. The summed E-state index contributed by atoms with van der Waals surface area (Å²) in [5.74, 6) is 0.0254. The van der Waals surface area contributed by atoms with Gasteiger partial charge in [0, 0.05) is 53.6 Å². The standard InChI is InChI=1S/C28H26N4O3/c1-16-25(17(2)35-30-16)20-13-22(27(29)33)26-21-12-19(28(34)31(3)4)10-11-23(21)32(24(26)14-20)15-18-8-6-5-7-9-18/h5-14H,15H2,1-4H3,(H2,29,33). The largest absolute Gasteiger partial charge is 0.366 e. The zero-order valence-corrected chi connectivity index (χ0v) is 20.1. The van der Waals surface area contributed by atoms with Gasteiger partial charge in [-0.05, 0) is 55.3 Å². The van der Waals surface area contributed by atoms with Crippen molar-refractivity contribution in [2.24, 2.45) is 5.73 Å². The Morgan fingerprint density at radius 1 is 1.00 bits per heavy atom. The average molecular weight is 467 g/mol. The van der Waals surface area contributed by atoms with Gasteiger partial charge in [-0.2, -0.15) is 0 Å². The molecule has 2 aromatic heterocycles. The van der Waals surface area contributed by atoms with Crippen LogP contribution in [-0.4, -0.2) is 40.5 Å². The maximum atomic E-state index is 12.7.